The average molecular weight is 395 g/mol. The van der Waals surface area contributed by atoms with Gasteiger partial charge in [-0.05, 0) is 36.2 Å². The number of hydrogen-bond acceptors (Lipinski definition) is 5. The number of hydrogen-bond donors (Lipinski definition) is 0. The van der Waals surface area contributed by atoms with Crippen molar-refractivity contribution in [2.45, 2.75) is 37.2 Å². The van der Waals surface area contributed by atoms with Crippen LogP contribution in [0.3, 0.4) is 0 Å². The molecule has 0 spiro atoms. The van der Waals surface area contributed by atoms with Gasteiger partial charge in [-0.2, -0.15) is 0 Å². The zero-order valence-corrected chi connectivity index (χ0v) is 16.8. The smallest absolute Gasteiger partial charge is 0.262 e. The molecule has 4 rings (SSSR count). The normalized spacial score (nSPS) is 11.4. The minimum absolute atomic E-state index is 0.00621. The number of para-hydroxylation sites is 1. The van der Waals surface area contributed by atoms with Crippen molar-refractivity contribution in [3.05, 3.63) is 64.4 Å². The Morgan fingerprint density at radius 2 is 1.96 bits per heavy atom. The lowest BCUT2D eigenvalue weighted by atomic mass is 10.2. The highest BCUT2D eigenvalue weighted by atomic mass is 32.2. The molecule has 6 nitrogen and oxygen atoms in total. The third kappa shape index (κ3) is 3.38. The molecule has 0 unspecified atom stereocenters. The van der Waals surface area contributed by atoms with Crippen LogP contribution >= 0.6 is 11.8 Å². The van der Waals surface area contributed by atoms with Crippen LogP contribution < -0.4 is 10.3 Å². The fourth-order valence-corrected chi connectivity index (χ4v) is 4.14. The molecule has 0 saturated heterocycles. The number of rotatable bonds is 7. The Morgan fingerprint density at radius 1 is 1.11 bits per heavy atom. The number of benzene rings is 2. The Morgan fingerprint density at radius 3 is 2.79 bits per heavy atom. The van der Waals surface area contributed by atoms with Crippen LogP contribution in [0.5, 0.6) is 5.75 Å². The van der Waals surface area contributed by atoms with Gasteiger partial charge >= 0.3 is 0 Å². The Labute approximate surface area is 167 Å². The van der Waals surface area contributed by atoms with E-state index in [9.17, 15) is 4.79 Å². The summed E-state index contributed by atoms with van der Waals surface area (Å²) in [7, 11) is 1.67. The van der Waals surface area contributed by atoms with Crippen molar-refractivity contribution in [3.63, 3.8) is 0 Å². The molecule has 7 heteroatoms. The lowest BCUT2D eigenvalue weighted by Gasteiger charge is -2.11. The van der Waals surface area contributed by atoms with Gasteiger partial charge in [0.2, 0.25) is 5.78 Å². The molecule has 2 aromatic carbocycles. The van der Waals surface area contributed by atoms with E-state index in [0.29, 0.717) is 17.7 Å². The lowest BCUT2D eigenvalue weighted by molar-refractivity contribution is 0.414. The number of thioether (sulfide) groups is 1. The summed E-state index contributed by atoms with van der Waals surface area (Å²) in [5, 5.41) is 10.2. The van der Waals surface area contributed by atoms with E-state index >= 15 is 0 Å². The predicted molar refractivity (Wildman–Crippen MR) is 112 cm³/mol. The van der Waals surface area contributed by atoms with Crippen LogP contribution in [0.1, 0.15) is 25.3 Å². The van der Waals surface area contributed by atoms with Gasteiger partial charge in [-0.25, -0.2) is 0 Å². The van der Waals surface area contributed by atoms with Gasteiger partial charge in [-0.15, -0.1) is 10.2 Å². The van der Waals surface area contributed by atoms with Crippen molar-refractivity contribution in [1.29, 1.82) is 0 Å². The summed E-state index contributed by atoms with van der Waals surface area (Å²) in [5.41, 5.74) is 1.98. The zero-order valence-electron chi connectivity index (χ0n) is 16.0. The minimum atomic E-state index is -0.00621. The first-order valence-corrected chi connectivity index (χ1v) is 10.3. The molecule has 0 bridgehead atoms. The number of aryl methyl sites for hydroxylation is 1. The Balaban J connectivity index is 1.79. The molecular weight excluding hydrogens is 372 g/mol. The van der Waals surface area contributed by atoms with E-state index in [1.165, 1.54) is 0 Å². The molecule has 0 fully saturated rings. The molecule has 0 aliphatic rings. The monoisotopic (exact) mass is 394 g/mol. The minimum Gasteiger partial charge on any atom is -0.497 e. The summed E-state index contributed by atoms with van der Waals surface area (Å²) in [6.07, 6.45) is 1.93. The zero-order chi connectivity index (χ0) is 19.5. The number of ether oxygens (including phenoxy) is 1. The van der Waals surface area contributed by atoms with Gasteiger partial charge in [-0.3, -0.25) is 13.8 Å². The standard InChI is InChI=1S/C21H22N4O2S/c1-3-4-12-24-19(26)17-10-5-6-11-18(17)25-20(24)22-23-21(25)28-14-15-8-7-9-16(13-15)27-2/h5-11,13H,3-4,12,14H2,1-2H3. The highest BCUT2D eigenvalue weighted by molar-refractivity contribution is 7.98. The van der Waals surface area contributed by atoms with E-state index < -0.39 is 0 Å². The molecule has 0 radical (unpaired) electrons. The van der Waals surface area contributed by atoms with Crippen LogP contribution in [-0.2, 0) is 12.3 Å². The summed E-state index contributed by atoms with van der Waals surface area (Å²) >= 11 is 1.60. The number of methoxy groups -OCH3 is 1. The predicted octanol–water partition coefficient (Wildman–Crippen LogP) is 4.15. The molecule has 0 amide bonds. The molecule has 28 heavy (non-hydrogen) atoms. The summed E-state index contributed by atoms with van der Waals surface area (Å²) in [6, 6.07) is 15.7. The van der Waals surface area contributed by atoms with Crippen molar-refractivity contribution < 1.29 is 4.74 Å². The van der Waals surface area contributed by atoms with E-state index in [4.69, 9.17) is 4.74 Å². The highest BCUT2D eigenvalue weighted by Crippen LogP contribution is 2.26. The largest absolute Gasteiger partial charge is 0.497 e. The first kappa shape index (κ1) is 18.6. The van der Waals surface area contributed by atoms with Gasteiger partial charge in [0, 0.05) is 12.3 Å². The SMILES string of the molecule is CCCCn1c(=O)c2ccccc2n2c(SCc3cccc(OC)c3)nnc12. The second-order valence-corrected chi connectivity index (χ2v) is 7.53. The van der Waals surface area contributed by atoms with Crippen LogP contribution in [-0.4, -0.2) is 26.3 Å². The third-order valence-corrected chi connectivity index (χ3v) is 5.72. The summed E-state index contributed by atoms with van der Waals surface area (Å²) < 4.78 is 9.05. The molecule has 0 aliphatic heterocycles. The van der Waals surface area contributed by atoms with Gasteiger partial charge in [0.05, 0.1) is 18.0 Å². The molecule has 2 aromatic heterocycles. The first-order chi connectivity index (χ1) is 13.7. The van der Waals surface area contributed by atoms with Crippen molar-refractivity contribution in [2.24, 2.45) is 0 Å². The van der Waals surface area contributed by atoms with E-state index in [-0.39, 0.29) is 5.56 Å². The Hall–Kier alpha value is -2.80. The maximum absolute atomic E-state index is 13.0. The second-order valence-electron chi connectivity index (χ2n) is 6.59. The van der Waals surface area contributed by atoms with E-state index in [0.717, 1.165) is 40.6 Å². The van der Waals surface area contributed by atoms with E-state index in [2.05, 4.69) is 23.2 Å². The fourth-order valence-electron chi connectivity index (χ4n) is 3.25. The average Bonchev–Trinajstić information content (AvgIpc) is 3.16. The van der Waals surface area contributed by atoms with E-state index in [1.54, 1.807) is 23.4 Å². The molecular formula is C21H22N4O2S. The molecule has 0 saturated carbocycles. The van der Waals surface area contributed by atoms with Crippen molar-refractivity contribution >= 4 is 28.4 Å². The Bertz CT molecular complexity index is 1180. The third-order valence-electron chi connectivity index (χ3n) is 4.72. The number of fused-ring (bicyclic) bond motifs is 3. The fraction of sp³-hybridized carbons (Fsp3) is 0.286. The molecule has 0 atom stereocenters. The van der Waals surface area contributed by atoms with Crippen LogP contribution in [0.15, 0.2) is 58.5 Å². The quantitative estimate of drug-likeness (QED) is 0.441. The second kappa shape index (κ2) is 8.06. The summed E-state index contributed by atoms with van der Waals surface area (Å²) in [5.74, 6) is 2.17. The number of aromatic nitrogens is 4. The van der Waals surface area contributed by atoms with Crippen molar-refractivity contribution in [2.75, 3.05) is 7.11 Å². The molecule has 4 aromatic rings. The van der Waals surface area contributed by atoms with Gasteiger partial charge in [0.1, 0.15) is 5.75 Å². The maximum Gasteiger partial charge on any atom is 0.262 e. The molecule has 0 aliphatic carbocycles. The first-order valence-electron chi connectivity index (χ1n) is 9.35. The maximum atomic E-state index is 13.0. The summed E-state index contributed by atoms with van der Waals surface area (Å²) in [4.78, 5) is 13.0. The van der Waals surface area contributed by atoms with Crippen molar-refractivity contribution in [3.8, 4) is 5.75 Å². The molecule has 144 valence electrons. The van der Waals surface area contributed by atoms with Gasteiger partial charge in [0.25, 0.3) is 5.56 Å². The van der Waals surface area contributed by atoms with Gasteiger partial charge in [0.15, 0.2) is 5.16 Å². The van der Waals surface area contributed by atoms with Crippen molar-refractivity contribution in [1.82, 2.24) is 19.2 Å². The van der Waals surface area contributed by atoms with Gasteiger partial charge < -0.3 is 4.74 Å². The molecule has 2 heterocycles. The van der Waals surface area contributed by atoms with Gasteiger partial charge in [-0.1, -0.05) is 49.4 Å². The van der Waals surface area contributed by atoms with E-state index in [1.807, 2.05) is 46.9 Å². The topological polar surface area (TPSA) is 61.4 Å². The summed E-state index contributed by atoms with van der Waals surface area (Å²) in [6.45, 7) is 2.75. The van der Waals surface area contributed by atoms with Crippen LogP contribution in [0.4, 0.5) is 0 Å². The van der Waals surface area contributed by atoms with Crippen LogP contribution in [0, 0.1) is 0 Å². The highest BCUT2D eigenvalue weighted by Gasteiger charge is 2.16. The lowest BCUT2D eigenvalue weighted by Crippen LogP contribution is -2.23. The number of nitrogens with zero attached hydrogens (tertiary/aromatic N) is 4. The number of unbranched alkanes of at least 4 members (excludes halogenated alkanes) is 1. The Kier molecular flexibility index (Phi) is 5.34. The molecule has 0 N–H and O–H groups in total. The van der Waals surface area contributed by atoms with Crippen LogP contribution in [0.25, 0.3) is 16.7 Å². The van der Waals surface area contributed by atoms with Crippen LogP contribution in [0.2, 0.25) is 0 Å².